The van der Waals surface area contributed by atoms with Crippen LogP contribution in [0.5, 0.6) is 5.75 Å². The lowest BCUT2D eigenvalue weighted by Crippen LogP contribution is -2.36. The van der Waals surface area contributed by atoms with E-state index in [4.69, 9.17) is 14.6 Å². The summed E-state index contributed by atoms with van der Waals surface area (Å²) in [5.41, 5.74) is 0.416. The van der Waals surface area contributed by atoms with Crippen LogP contribution in [0.2, 0.25) is 0 Å². The molecule has 1 aliphatic rings. The van der Waals surface area contributed by atoms with Gasteiger partial charge in [-0.15, -0.1) is 0 Å². The lowest BCUT2D eigenvalue weighted by atomic mass is 10.2. The summed E-state index contributed by atoms with van der Waals surface area (Å²) >= 11 is 0. The van der Waals surface area contributed by atoms with Gasteiger partial charge in [-0.05, 0) is 26.8 Å². The van der Waals surface area contributed by atoms with Crippen LogP contribution in [0.4, 0.5) is 10.5 Å². The van der Waals surface area contributed by atoms with Gasteiger partial charge in [0.1, 0.15) is 28.8 Å². The molecule has 3 N–H and O–H groups in total. The first-order valence-corrected chi connectivity index (χ1v) is 10.7. The van der Waals surface area contributed by atoms with E-state index >= 15 is 0 Å². The van der Waals surface area contributed by atoms with Gasteiger partial charge in [-0.2, -0.15) is 0 Å². The summed E-state index contributed by atoms with van der Waals surface area (Å²) in [6, 6.07) is 2.13. The molecule has 3 heterocycles. The minimum absolute atomic E-state index is 0.0255. The van der Waals surface area contributed by atoms with Gasteiger partial charge in [0.15, 0.2) is 0 Å². The molecule has 12 heteroatoms. The molecule has 0 bridgehead atoms. The number of carboxylic acid groups (broad SMARTS) is 1. The number of hydrogen-bond acceptors (Lipinski definition) is 7. The van der Waals surface area contributed by atoms with Gasteiger partial charge >= 0.3 is 18.0 Å². The van der Waals surface area contributed by atoms with Gasteiger partial charge in [-0.25, -0.2) is 14.4 Å². The van der Waals surface area contributed by atoms with Gasteiger partial charge in [0.2, 0.25) is 5.91 Å². The number of ether oxygens (including phenoxy) is 2. The molecule has 2 aromatic heterocycles. The number of nitrogens with one attached hydrogen (secondary N) is 2. The molecule has 0 saturated carbocycles. The average molecular weight is 488 g/mol. The molecule has 2 amide bonds. The van der Waals surface area contributed by atoms with E-state index in [0.717, 1.165) is 0 Å². The number of amides is 2. The summed E-state index contributed by atoms with van der Waals surface area (Å²) in [5.74, 6) is -2.09. The number of hydrogen-bond donors (Lipinski definition) is 3. The normalized spacial score (nSPS) is 15.4. The highest BCUT2D eigenvalue weighted by Crippen LogP contribution is 2.23. The molecule has 0 aromatic carbocycles. The maximum atomic E-state index is 12.9. The average Bonchev–Trinajstić information content (AvgIpc) is 3.36. The Morgan fingerprint density at radius 1 is 1.00 bits per heavy atom. The number of rotatable bonds is 6. The van der Waals surface area contributed by atoms with E-state index in [0.29, 0.717) is 11.4 Å². The largest absolute Gasteiger partial charge is 0.477 e. The van der Waals surface area contributed by atoms with Crippen LogP contribution in [0.15, 0.2) is 36.4 Å². The summed E-state index contributed by atoms with van der Waals surface area (Å²) in [5, 5.41) is 14.6. The first-order chi connectivity index (χ1) is 16.2. The summed E-state index contributed by atoms with van der Waals surface area (Å²) in [4.78, 5) is 50.3. The lowest BCUT2D eigenvalue weighted by molar-refractivity contribution is -0.119. The van der Waals surface area contributed by atoms with Crippen LogP contribution in [-0.4, -0.2) is 61.8 Å². The molecule has 2 aromatic rings. The van der Waals surface area contributed by atoms with Crippen molar-refractivity contribution >= 4 is 29.6 Å². The highest BCUT2D eigenvalue weighted by atomic mass is 16.6. The van der Waals surface area contributed by atoms with Crippen molar-refractivity contribution in [2.75, 3.05) is 12.4 Å². The Balaban J connectivity index is 1.61. The van der Waals surface area contributed by atoms with Crippen molar-refractivity contribution in [3.05, 3.63) is 47.8 Å². The van der Waals surface area contributed by atoms with E-state index in [1.807, 2.05) is 0 Å². The molecule has 1 atom stereocenters. The van der Waals surface area contributed by atoms with Gasteiger partial charge in [0.05, 0.1) is 5.69 Å². The predicted octanol–water partition coefficient (Wildman–Crippen LogP) is 2.29. The number of aromatic carboxylic acids is 1. The number of anilines is 1. The highest BCUT2D eigenvalue weighted by molar-refractivity contribution is 5.98. The Morgan fingerprint density at radius 3 is 2.26 bits per heavy atom. The number of carboxylic acids is 1. The van der Waals surface area contributed by atoms with Crippen molar-refractivity contribution in [2.45, 2.75) is 38.8 Å². The van der Waals surface area contributed by atoms with Gasteiger partial charge in [-0.1, -0.05) is 0 Å². The molecular weight excluding hydrogens is 458 g/mol. The summed E-state index contributed by atoms with van der Waals surface area (Å²) in [7, 11) is 4.86. The van der Waals surface area contributed by atoms with Gasteiger partial charge in [0.25, 0.3) is 0 Å². The van der Waals surface area contributed by atoms with E-state index in [-0.39, 0.29) is 29.5 Å². The van der Waals surface area contributed by atoms with Gasteiger partial charge in [-0.3, -0.25) is 10.1 Å². The van der Waals surface area contributed by atoms with E-state index < -0.39 is 29.7 Å². The molecule has 0 radical (unpaired) electrons. The Bertz CT molecular complexity index is 1200. The van der Waals surface area contributed by atoms with E-state index in [9.17, 15) is 19.2 Å². The van der Waals surface area contributed by atoms with Crippen molar-refractivity contribution in [3.8, 4) is 5.75 Å². The van der Waals surface area contributed by atoms with Crippen molar-refractivity contribution < 1.29 is 33.8 Å². The molecular formula is C23H29N5O7. The molecule has 35 heavy (non-hydrogen) atoms. The zero-order valence-corrected chi connectivity index (χ0v) is 20.4. The fourth-order valence-corrected chi connectivity index (χ4v) is 3.56. The number of likely N-dealkylation sites (N-methyl/N-ethyl adjacent to an activating group) is 1. The zero-order valence-electron chi connectivity index (χ0n) is 20.4. The third-order valence-corrected chi connectivity index (χ3v) is 5.12. The fraction of sp³-hybridized carbons (Fsp3) is 0.391. The maximum Gasteiger partial charge on any atom is 0.411 e. The van der Waals surface area contributed by atoms with Crippen molar-refractivity contribution in [2.24, 2.45) is 14.1 Å². The molecule has 1 aliphatic heterocycles. The van der Waals surface area contributed by atoms with E-state index in [1.165, 1.54) is 34.5 Å². The first kappa shape index (κ1) is 25.4. The monoisotopic (exact) mass is 487 g/mol. The fourth-order valence-electron chi connectivity index (χ4n) is 3.56. The Morgan fingerprint density at radius 2 is 1.66 bits per heavy atom. The molecule has 0 fully saturated rings. The van der Waals surface area contributed by atoms with Crippen LogP contribution >= 0.6 is 0 Å². The lowest BCUT2D eigenvalue weighted by Gasteiger charge is -2.20. The van der Waals surface area contributed by atoms with Crippen LogP contribution < -0.4 is 15.4 Å². The number of aromatic nitrogens is 2. The summed E-state index contributed by atoms with van der Waals surface area (Å²) < 4.78 is 13.4. The molecule has 0 saturated heterocycles. The molecule has 188 valence electrons. The zero-order chi connectivity index (χ0) is 26.1. The number of alkyl carbamates (subject to hydrolysis) is 1. The van der Waals surface area contributed by atoms with Crippen molar-refractivity contribution in [3.63, 3.8) is 0 Å². The van der Waals surface area contributed by atoms with E-state index in [2.05, 4.69) is 10.6 Å². The van der Waals surface area contributed by atoms with Gasteiger partial charge < -0.3 is 33.9 Å². The molecule has 0 spiro atoms. The summed E-state index contributed by atoms with van der Waals surface area (Å²) in [6.45, 7) is 5.28. The summed E-state index contributed by atoms with van der Waals surface area (Å²) in [6.07, 6.45) is 4.28. The quantitative estimate of drug-likeness (QED) is 0.527. The number of aryl methyl sites for hydroxylation is 2. The highest BCUT2D eigenvalue weighted by Gasteiger charge is 2.30. The number of carbonyl (C=O) groups excluding carboxylic acids is 3. The Kier molecular flexibility index (Phi) is 6.94. The van der Waals surface area contributed by atoms with Crippen molar-refractivity contribution in [1.29, 1.82) is 0 Å². The van der Waals surface area contributed by atoms with Gasteiger partial charge in [0, 0.05) is 57.9 Å². The topological polar surface area (TPSA) is 144 Å². The molecule has 1 unspecified atom stereocenters. The Labute approximate surface area is 202 Å². The third kappa shape index (κ3) is 6.22. The minimum Gasteiger partial charge on any atom is -0.477 e. The SMILES string of the molecule is CN1C=C(NC(=O)OC(C)(C)C)CC1C(=O)Nc1cc(C(=O)Oc2cc(C(=O)O)n(C)c2)n(C)c1. The van der Waals surface area contributed by atoms with Crippen LogP contribution in [-0.2, 0) is 23.6 Å². The standard InChI is InChI=1S/C23H29N5O7/c1-23(2,3)35-22(33)25-14-7-16(26(4)11-14)19(29)24-13-8-18(27(5)10-13)21(32)34-15-9-17(20(30)31)28(6)12-15/h8-12,16H,7H2,1-6H3,(H,24,29)(H,25,33)(H,30,31). The van der Waals surface area contributed by atoms with Crippen LogP contribution in [0.25, 0.3) is 0 Å². The predicted molar refractivity (Wildman–Crippen MR) is 125 cm³/mol. The Hall–Kier alpha value is -4.22. The third-order valence-electron chi connectivity index (χ3n) is 5.12. The number of esters is 1. The smallest absolute Gasteiger partial charge is 0.411 e. The van der Waals surface area contributed by atoms with Crippen molar-refractivity contribution in [1.82, 2.24) is 19.4 Å². The molecule has 0 aliphatic carbocycles. The van der Waals surface area contributed by atoms with E-state index in [1.54, 1.807) is 52.2 Å². The second-order valence-corrected chi connectivity index (χ2v) is 9.25. The molecule has 3 rings (SSSR count). The van der Waals surface area contributed by atoms with Crippen LogP contribution in [0, 0.1) is 0 Å². The number of nitrogens with zero attached hydrogens (tertiary/aromatic N) is 3. The van der Waals surface area contributed by atoms with Crippen LogP contribution in [0.3, 0.4) is 0 Å². The molecule has 12 nitrogen and oxygen atoms in total. The number of carbonyl (C=O) groups is 4. The first-order valence-electron chi connectivity index (χ1n) is 10.7. The maximum absolute atomic E-state index is 12.9. The second kappa shape index (κ2) is 9.57. The van der Waals surface area contributed by atoms with Crippen LogP contribution in [0.1, 0.15) is 48.2 Å². The second-order valence-electron chi connectivity index (χ2n) is 9.25. The minimum atomic E-state index is -1.14.